The molecule has 13 heavy (non-hydrogen) atoms. The maximum absolute atomic E-state index is 11.2. The SMILES string of the molecule is O=c1nc(C2CC2)c2c([nH]1)CNC2. The Hall–Kier alpha value is -1.16. The zero-order chi connectivity index (χ0) is 8.84. The maximum atomic E-state index is 11.2. The van der Waals surface area contributed by atoms with E-state index in [9.17, 15) is 4.79 Å². The van der Waals surface area contributed by atoms with Gasteiger partial charge in [0.1, 0.15) is 0 Å². The summed E-state index contributed by atoms with van der Waals surface area (Å²) in [7, 11) is 0. The van der Waals surface area contributed by atoms with Crippen LogP contribution in [0.15, 0.2) is 4.79 Å². The van der Waals surface area contributed by atoms with Crippen LogP contribution < -0.4 is 11.0 Å². The lowest BCUT2D eigenvalue weighted by Crippen LogP contribution is -2.16. The van der Waals surface area contributed by atoms with Gasteiger partial charge in [-0.2, -0.15) is 4.98 Å². The second-order valence-electron chi connectivity index (χ2n) is 3.76. The van der Waals surface area contributed by atoms with E-state index in [2.05, 4.69) is 15.3 Å². The molecule has 1 fully saturated rings. The van der Waals surface area contributed by atoms with Crippen molar-refractivity contribution in [2.45, 2.75) is 31.8 Å². The monoisotopic (exact) mass is 177 g/mol. The number of aromatic amines is 1. The summed E-state index contributed by atoms with van der Waals surface area (Å²) in [4.78, 5) is 18.0. The molecule has 1 aliphatic heterocycles. The van der Waals surface area contributed by atoms with Crippen molar-refractivity contribution in [3.8, 4) is 0 Å². The summed E-state index contributed by atoms with van der Waals surface area (Å²) in [6, 6.07) is 0. The molecule has 0 bridgehead atoms. The molecule has 1 aromatic rings. The van der Waals surface area contributed by atoms with Crippen LogP contribution in [0.4, 0.5) is 0 Å². The Morgan fingerprint density at radius 3 is 2.92 bits per heavy atom. The van der Waals surface area contributed by atoms with Crippen molar-refractivity contribution < 1.29 is 0 Å². The Labute approximate surface area is 75.4 Å². The zero-order valence-electron chi connectivity index (χ0n) is 7.26. The standard InChI is InChI=1S/C9H11N3O/c13-9-11-7-4-10-3-6(7)8(12-9)5-1-2-5/h5,10H,1-4H2,(H,11,12,13). The van der Waals surface area contributed by atoms with Crippen LogP contribution in [0.1, 0.15) is 35.7 Å². The van der Waals surface area contributed by atoms with Crippen LogP contribution in [-0.4, -0.2) is 9.97 Å². The summed E-state index contributed by atoms with van der Waals surface area (Å²) < 4.78 is 0. The molecule has 0 aromatic carbocycles. The first-order valence-corrected chi connectivity index (χ1v) is 4.67. The predicted molar refractivity (Wildman–Crippen MR) is 47.4 cm³/mol. The van der Waals surface area contributed by atoms with Gasteiger partial charge in [0.2, 0.25) is 0 Å². The third-order valence-electron chi connectivity index (χ3n) is 2.72. The average molecular weight is 177 g/mol. The van der Waals surface area contributed by atoms with Gasteiger partial charge in [-0.05, 0) is 12.8 Å². The molecule has 4 nitrogen and oxygen atoms in total. The summed E-state index contributed by atoms with van der Waals surface area (Å²) in [5, 5.41) is 3.23. The summed E-state index contributed by atoms with van der Waals surface area (Å²) in [6.45, 7) is 1.65. The van der Waals surface area contributed by atoms with E-state index >= 15 is 0 Å². The molecule has 1 saturated carbocycles. The Bertz CT molecular complexity index is 406. The first-order chi connectivity index (χ1) is 6.34. The van der Waals surface area contributed by atoms with Crippen LogP contribution >= 0.6 is 0 Å². The maximum Gasteiger partial charge on any atom is 0.345 e. The van der Waals surface area contributed by atoms with Gasteiger partial charge < -0.3 is 10.3 Å². The molecular formula is C9H11N3O. The molecule has 3 rings (SSSR count). The Morgan fingerprint density at radius 2 is 2.15 bits per heavy atom. The van der Waals surface area contributed by atoms with E-state index in [0.717, 1.165) is 24.5 Å². The van der Waals surface area contributed by atoms with Gasteiger partial charge in [0.05, 0.1) is 5.69 Å². The van der Waals surface area contributed by atoms with Gasteiger partial charge >= 0.3 is 5.69 Å². The van der Waals surface area contributed by atoms with Crippen molar-refractivity contribution in [1.29, 1.82) is 0 Å². The Morgan fingerprint density at radius 1 is 1.31 bits per heavy atom. The first-order valence-electron chi connectivity index (χ1n) is 4.67. The summed E-state index contributed by atoms with van der Waals surface area (Å²) in [5.41, 5.74) is 3.14. The van der Waals surface area contributed by atoms with Crippen LogP contribution in [-0.2, 0) is 13.1 Å². The number of rotatable bonds is 1. The quantitative estimate of drug-likeness (QED) is 0.646. The molecule has 2 aliphatic rings. The van der Waals surface area contributed by atoms with Gasteiger partial charge in [-0.25, -0.2) is 4.79 Å². The molecule has 0 saturated heterocycles. The van der Waals surface area contributed by atoms with Crippen molar-refractivity contribution in [1.82, 2.24) is 15.3 Å². The average Bonchev–Trinajstić information content (AvgIpc) is 2.84. The fourth-order valence-corrected chi connectivity index (χ4v) is 1.92. The zero-order valence-corrected chi connectivity index (χ0v) is 7.26. The van der Waals surface area contributed by atoms with E-state index in [4.69, 9.17) is 0 Å². The minimum atomic E-state index is -0.190. The highest BCUT2D eigenvalue weighted by Gasteiger charge is 2.30. The normalized spacial score (nSPS) is 20.3. The van der Waals surface area contributed by atoms with Crippen LogP contribution in [0, 0.1) is 0 Å². The smallest absolute Gasteiger partial charge is 0.308 e. The molecule has 0 spiro atoms. The number of hydrogen-bond donors (Lipinski definition) is 2. The van der Waals surface area contributed by atoms with Gasteiger partial charge in [0.25, 0.3) is 0 Å². The van der Waals surface area contributed by atoms with Gasteiger partial charge in [-0.1, -0.05) is 0 Å². The van der Waals surface area contributed by atoms with E-state index < -0.39 is 0 Å². The van der Waals surface area contributed by atoms with E-state index in [0.29, 0.717) is 5.92 Å². The third-order valence-corrected chi connectivity index (χ3v) is 2.72. The number of nitrogens with one attached hydrogen (secondary N) is 2. The minimum Gasteiger partial charge on any atom is -0.308 e. The molecule has 0 atom stereocenters. The van der Waals surface area contributed by atoms with E-state index in [1.54, 1.807) is 0 Å². The summed E-state index contributed by atoms with van der Waals surface area (Å²) in [5.74, 6) is 0.566. The highest BCUT2D eigenvalue weighted by Crippen LogP contribution is 2.41. The molecule has 0 unspecified atom stereocenters. The van der Waals surface area contributed by atoms with Crippen LogP contribution in [0.3, 0.4) is 0 Å². The first kappa shape index (κ1) is 7.26. The predicted octanol–water partition coefficient (Wildman–Crippen LogP) is 0.250. The molecule has 0 amide bonds. The molecule has 4 heteroatoms. The number of nitrogens with zero attached hydrogens (tertiary/aromatic N) is 1. The molecule has 68 valence electrons. The fourth-order valence-electron chi connectivity index (χ4n) is 1.92. The van der Waals surface area contributed by atoms with Crippen molar-refractivity contribution >= 4 is 0 Å². The Kier molecular flexibility index (Phi) is 1.35. The second kappa shape index (κ2) is 2.42. The third kappa shape index (κ3) is 1.09. The fraction of sp³-hybridized carbons (Fsp3) is 0.556. The summed E-state index contributed by atoms with van der Waals surface area (Å²) in [6.07, 6.45) is 2.39. The van der Waals surface area contributed by atoms with Crippen molar-refractivity contribution in [2.24, 2.45) is 0 Å². The van der Waals surface area contributed by atoms with Gasteiger partial charge in [-0.15, -0.1) is 0 Å². The van der Waals surface area contributed by atoms with Crippen molar-refractivity contribution in [3.05, 3.63) is 27.4 Å². The molecular weight excluding hydrogens is 166 g/mol. The molecule has 1 aromatic heterocycles. The van der Waals surface area contributed by atoms with Gasteiger partial charge in [0, 0.05) is 30.3 Å². The highest BCUT2D eigenvalue weighted by molar-refractivity contribution is 5.32. The van der Waals surface area contributed by atoms with Gasteiger partial charge in [-0.3, -0.25) is 0 Å². The molecule has 2 N–H and O–H groups in total. The molecule has 2 heterocycles. The number of H-pyrrole nitrogens is 1. The lowest BCUT2D eigenvalue weighted by Gasteiger charge is -2.03. The highest BCUT2D eigenvalue weighted by atomic mass is 16.1. The van der Waals surface area contributed by atoms with Crippen LogP contribution in [0.5, 0.6) is 0 Å². The lowest BCUT2D eigenvalue weighted by molar-refractivity contribution is 0.755. The number of hydrogen-bond acceptors (Lipinski definition) is 3. The van der Waals surface area contributed by atoms with E-state index in [1.807, 2.05) is 0 Å². The molecule has 0 radical (unpaired) electrons. The number of aromatic nitrogens is 2. The van der Waals surface area contributed by atoms with Crippen LogP contribution in [0.25, 0.3) is 0 Å². The second-order valence-corrected chi connectivity index (χ2v) is 3.76. The van der Waals surface area contributed by atoms with Crippen molar-refractivity contribution in [3.63, 3.8) is 0 Å². The minimum absolute atomic E-state index is 0.190. The van der Waals surface area contributed by atoms with Gasteiger partial charge in [0.15, 0.2) is 0 Å². The Balaban J connectivity index is 2.21. The van der Waals surface area contributed by atoms with Crippen molar-refractivity contribution in [2.75, 3.05) is 0 Å². The molecule has 1 aliphatic carbocycles. The van der Waals surface area contributed by atoms with E-state index in [1.165, 1.54) is 18.4 Å². The lowest BCUT2D eigenvalue weighted by atomic mass is 10.1. The largest absolute Gasteiger partial charge is 0.345 e. The topological polar surface area (TPSA) is 57.8 Å². The number of fused-ring (bicyclic) bond motifs is 1. The van der Waals surface area contributed by atoms with E-state index in [-0.39, 0.29) is 5.69 Å². The van der Waals surface area contributed by atoms with Crippen LogP contribution in [0.2, 0.25) is 0 Å². The summed E-state index contributed by atoms with van der Waals surface area (Å²) >= 11 is 0.